The van der Waals surface area contributed by atoms with Crippen LogP contribution in [0.1, 0.15) is 36.0 Å². The lowest BCUT2D eigenvalue weighted by molar-refractivity contribution is -0.138. The summed E-state index contributed by atoms with van der Waals surface area (Å²) in [6, 6.07) is 6.65. The van der Waals surface area contributed by atoms with E-state index in [1.807, 2.05) is 0 Å². The van der Waals surface area contributed by atoms with E-state index < -0.39 is 41.1 Å². The molecule has 2 aromatic carbocycles. The van der Waals surface area contributed by atoms with E-state index in [4.69, 9.17) is 16.3 Å². The number of ether oxygens (including phenoxy) is 2. The van der Waals surface area contributed by atoms with Crippen LogP contribution in [-0.2, 0) is 23.9 Å². The molecule has 0 saturated heterocycles. The maximum absolute atomic E-state index is 15.3. The third kappa shape index (κ3) is 6.87. The number of imide groups is 1. The monoisotopic (exact) mass is 563 g/mol. The zero-order valence-corrected chi connectivity index (χ0v) is 22.0. The molecule has 0 N–H and O–H groups in total. The molecular formula is C27H24ClF2NO6S. The molecule has 0 aliphatic heterocycles. The zero-order chi connectivity index (χ0) is 27.8. The molecule has 7 nitrogen and oxygen atoms in total. The lowest BCUT2D eigenvalue weighted by Gasteiger charge is -2.26. The number of carbonyl (C=O) groups excluding carboxylic acids is 4. The van der Waals surface area contributed by atoms with Crippen LogP contribution in [0, 0.1) is 11.6 Å². The molecule has 2 aromatic rings. The van der Waals surface area contributed by atoms with Crippen LogP contribution in [-0.4, -0.2) is 43.2 Å². The second kappa shape index (κ2) is 13.3. The van der Waals surface area contributed by atoms with Crippen LogP contribution in [0.15, 0.2) is 65.1 Å². The summed E-state index contributed by atoms with van der Waals surface area (Å²) >= 11 is 7.08. The number of carbonyl (C=O) groups is 4. The Morgan fingerprint density at radius 3 is 2.45 bits per heavy atom. The number of hydrogen-bond donors (Lipinski definition) is 0. The summed E-state index contributed by atoms with van der Waals surface area (Å²) in [6.07, 6.45) is 2.90. The lowest BCUT2D eigenvalue weighted by Crippen LogP contribution is -2.40. The van der Waals surface area contributed by atoms with E-state index in [0.29, 0.717) is 17.7 Å². The molecule has 38 heavy (non-hydrogen) atoms. The van der Waals surface area contributed by atoms with Crippen molar-refractivity contribution < 1.29 is 37.4 Å². The number of benzene rings is 2. The van der Waals surface area contributed by atoms with Crippen molar-refractivity contribution >= 4 is 52.8 Å². The molecule has 0 unspecified atom stereocenters. The van der Waals surface area contributed by atoms with Gasteiger partial charge in [-0.15, -0.1) is 11.8 Å². The van der Waals surface area contributed by atoms with Gasteiger partial charge in [-0.05, 0) is 56.0 Å². The van der Waals surface area contributed by atoms with Crippen LogP contribution in [0.2, 0.25) is 5.02 Å². The van der Waals surface area contributed by atoms with Gasteiger partial charge >= 0.3 is 11.9 Å². The molecule has 200 valence electrons. The van der Waals surface area contributed by atoms with Crippen LogP contribution in [0.4, 0.5) is 14.5 Å². The fourth-order valence-electron chi connectivity index (χ4n) is 3.78. The van der Waals surface area contributed by atoms with Gasteiger partial charge in [0.1, 0.15) is 18.2 Å². The average Bonchev–Trinajstić information content (AvgIpc) is 2.91. The van der Waals surface area contributed by atoms with Crippen LogP contribution >= 0.6 is 23.4 Å². The highest BCUT2D eigenvalue weighted by Crippen LogP contribution is 2.36. The minimum atomic E-state index is -1.02. The molecule has 0 atom stereocenters. The van der Waals surface area contributed by atoms with Crippen molar-refractivity contribution in [1.82, 2.24) is 0 Å². The maximum Gasteiger partial charge on any atom is 0.334 e. The molecule has 3 rings (SSSR count). The highest BCUT2D eigenvalue weighted by Gasteiger charge is 2.34. The van der Waals surface area contributed by atoms with Gasteiger partial charge in [0.15, 0.2) is 0 Å². The molecular weight excluding hydrogens is 540 g/mol. The quantitative estimate of drug-likeness (QED) is 0.168. The topological polar surface area (TPSA) is 90.0 Å². The van der Waals surface area contributed by atoms with E-state index in [0.717, 1.165) is 36.0 Å². The first-order valence-electron chi connectivity index (χ1n) is 11.5. The minimum Gasteiger partial charge on any atom is -0.468 e. The fourth-order valence-corrected chi connectivity index (χ4v) is 4.88. The Hall–Kier alpha value is -3.50. The molecule has 2 amide bonds. The number of hydrogen-bond acceptors (Lipinski definition) is 7. The number of rotatable bonds is 9. The molecule has 0 bridgehead atoms. The largest absolute Gasteiger partial charge is 0.468 e. The van der Waals surface area contributed by atoms with Crippen molar-refractivity contribution in [3.63, 3.8) is 0 Å². The smallest absolute Gasteiger partial charge is 0.334 e. The highest BCUT2D eigenvalue weighted by molar-refractivity contribution is 8.00. The van der Waals surface area contributed by atoms with Crippen molar-refractivity contribution in [3.8, 4) is 0 Å². The summed E-state index contributed by atoms with van der Waals surface area (Å²) in [6.45, 7) is 3.41. The van der Waals surface area contributed by atoms with Crippen LogP contribution in [0.3, 0.4) is 0 Å². The first-order chi connectivity index (χ1) is 18.2. The summed E-state index contributed by atoms with van der Waals surface area (Å²) in [5.74, 6) is -5.20. The Kier molecular flexibility index (Phi) is 10.2. The standard InChI is InChI=1S/C27H24ClF2NO6S/c1-3-11-37-27(35)19-10-5-4-9-18(19)26(34)31(25(33)16-7-6-8-17(29)12-16)22-14-23(20(28)13-21(22)30)38-15-24(32)36-2/h3,6-8,12-14H,1,4-5,9-11,15H2,2H3. The first-order valence-corrected chi connectivity index (χ1v) is 12.9. The van der Waals surface area contributed by atoms with Gasteiger partial charge < -0.3 is 9.47 Å². The van der Waals surface area contributed by atoms with Gasteiger partial charge in [-0.2, -0.15) is 0 Å². The van der Waals surface area contributed by atoms with Crippen molar-refractivity contribution in [3.05, 3.63) is 82.4 Å². The van der Waals surface area contributed by atoms with Gasteiger partial charge in [-0.25, -0.2) is 18.5 Å². The Bertz CT molecular complexity index is 1310. The van der Waals surface area contributed by atoms with Gasteiger partial charge in [0, 0.05) is 21.6 Å². The predicted octanol–water partition coefficient (Wildman–Crippen LogP) is 5.66. The summed E-state index contributed by atoms with van der Waals surface area (Å²) in [7, 11) is 1.20. The van der Waals surface area contributed by atoms with Crippen molar-refractivity contribution in [1.29, 1.82) is 0 Å². The van der Waals surface area contributed by atoms with Crippen molar-refractivity contribution in [2.45, 2.75) is 30.6 Å². The Labute approximate surface area is 227 Å². The SMILES string of the molecule is C=CCOC(=O)C1=C(C(=O)N(C(=O)c2cccc(F)c2)c2cc(SCC(=O)OC)c(Cl)cc2F)CCCC1. The predicted molar refractivity (Wildman–Crippen MR) is 139 cm³/mol. The summed E-state index contributed by atoms with van der Waals surface area (Å²) in [5, 5.41) is -0.0590. The number of amides is 2. The average molecular weight is 564 g/mol. The first kappa shape index (κ1) is 29.1. The number of nitrogens with zero attached hydrogens (tertiary/aromatic N) is 1. The van der Waals surface area contributed by atoms with E-state index in [1.54, 1.807) is 0 Å². The number of thioether (sulfide) groups is 1. The normalized spacial score (nSPS) is 13.1. The molecule has 0 spiro atoms. The third-order valence-corrected chi connectivity index (χ3v) is 7.05. The van der Waals surface area contributed by atoms with Gasteiger partial charge in [0.2, 0.25) is 0 Å². The van der Waals surface area contributed by atoms with E-state index >= 15 is 4.39 Å². The maximum atomic E-state index is 15.3. The van der Waals surface area contributed by atoms with E-state index in [2.05, 4.69) is 11.3 Å². The molecule has 1 aliphatic carbocycles. The number of methoxy groups -OCH3 is 1. The fraction of sp³-hybridized carbons (Fsp3) is 0.259. The van der Waals surface area contributed by atoms with E-state index in [9.17, 15) is 23.6 Å². The number of esters is 2. The van der Waals surface area contributed by atoms with Crippen molar-refractivity contribution in [2.24, 2.45) is 0 Å². The molecule has 1 aliphatic rings. The van der Waals surface area contributed by atoms with Gasteiger partial charge in [-0.1, -0.05) is 30.3 Å². The molecule has 0 aromatic heterocycles. The highest BCUT2D eigenvalue weighted by atomic mass is 35.5. The van der Waals surface area contributed by atoms with Gasteiger partial charge in [0.05, 0.1) is 23.6 Å². The summed E-state index contributed by atoms with van der Waals surface area (Å²) in [5.41, 5.74) is -0.621. The van der Waals surface area contributed by atoms with Crippen LogP contribution < -0.4 is 4.90 Å². The second-order valence-electron chi connectivity index (χ2n) is 8.11. The Balaban J connectivity index is 2.16. The molecule has 0 saturated carbocycles. The molecule has 0 radical (unpaired) electrons. The van der Waals surface area contributed by atoms with Crippen LogP contribution in [0.25, 0.3) is 0 Å². The zero-order valence-electron chi connectivity index (χ0n) is 20.4. The van der Waals surface area contributed by atoms with E-state index in [-0.39, 0.29) is 51.8 Å². The second-order valence-corrected chi connectivity index (χ2v) is 9.53. The van der Waals surface area contributed by atoms with E-state index in [1.165, 1.54) is 25.3 Å². The number of anilines is 1. The molecule has 0 heterocycles. The van der Waals surface area contributed by atoms with Gasteiger partial charge in [-0.3, -0.25) is 14.4 Å². The van der Waals surface area contributed by atoms with Crippen molar-refractivity contribution in [2.75, 3.05) is 24.4 Å². The summed E-state index contributed by atoms with van der Waals surface area (Å²) in [4.78, 5) is 52.6. The summed E-state index contributed by atoms with van der Waals surface area (Å²) < 4.78 is 39.0. The van der Waals surface area contributed by atoms with Gasteiger partial charge in [0.25, 0.3) is 11.8 Å². The third-order valence-electron chi connectivity index (χ3n) is 5.60. The molecule has 0 fully saturated rings. The van der Waals surface area contributed by atoms with Crippen LogP contribution in [0.5, 0.6) is 0 Å². The Morgan fingerprint density at radius 1 is 1.08 bits per heavy atom. The Morgan fingerprint density at radius 2 is 1.79 bits per heavy atom. The molecule has 11 heteroatoms. The number of halogens is 3. The lowest BCUT2D eigenvalue weighted by atomic mass is 9.90. The minimum absolute atomic E-state index is 0.00632.